The molecular formula is C22H23FN4O3. The molecule has 4 rings (SSSR count). The Morgan fingerprint density at radius 3 is 2.60 bits per heavy atom. The highest BCUT2D eigenvalue weighted by molar-refractivity contribution is 5.93. The molecule has 1 heterocycles. The Morgan fingerprint density at radius 1 is 1.17 bits per heavy atom. The van der Waals surface area contributed by atoms with Gasteiger partial charge in [-0.2, -0.15) is 4.98 Å². The fourth-order valence-corrected chi connectivity index (χ4v) is 3.17. The number of amides is 1. The number of hydrogen-bond donors (Lipinski definition) is 1. The van der Waals surface area contributed by atoms with Gasteiger partial charge in [-0.05, 0) is 49.2 Å². The second kappa shape index (κ2) is 9.04. The molecule has 0 saturated heterocycles. The lowest BCUT2D eigenvalue weighted by Gasteiger charge is -2.24. The van der Waals surface area contributed by atoms with Crippen LogP contribution in [0, 0.1) is 11.7 Å². The van der Waals surface area contributed by atoms with E-state index in [1.807, 2.05) is 0 Å². The Kier molecular flexibility index (Phi) is 6.04. The van der Waals surface area contributed by atoms with Crippen LogP contribution in [-0.2, 0) is 9.53 Å². The molecule has 1 aliphatic carbocycles. The lowest BCUT2D eigenvalue weighted by Crippen LogP contribution is -2.27. The van der Waals surface area contributed by atoms with Crippen molar-refractivity contribution in [2.24, 2.45) is 5.92 Å². The van der Waals surface area contributed by atoms with Crippen molar-refractivity contribution in [2.45, 2.75) is 19.3 Å². The van der Waals surface area contributed by atoms with E-state index in [0.29, 0.717) is 29.4 Å². The van der Waals surface area contributed by atoms with Gasteiger partial charge in [0, 0.05) is 18.7 Å². The summed E-state index contributed by atoms with van der Waals surface area (Å²) in [5.74, 6) is 0.0841. The monoisotopic (exact) mass is 410 g/mol. The van der Waals surface area contributed by atoms with Crippen molar-refractivity contribution in [3.63, 3.8) is 0 Å². The summed E-state index contributed by atoms with van der Waals surface area (Å²) in [7, 11) is 1.57. The number of nitrogens with one attached hydrogen (secondary N) is 1. The molecule has 7 nitrogen and oxygen atoms in total. The average Bonchev–Trinajstić information content (AvgIpc) is 3.11. The highest BCUT2D eigenvalue weighted by Crippen LogP contribution is 2.29. The van der Waals surface area contributed by atoms with Gasteiger partial charge < -0.3 is 14.8 Å². The van der Waals surface area contributed by atoms with Crippen molar-refractivity contribution in [2.75, 3.05) is 25.6 Å². The van der Waals surface area contributed by atoms with Crippen LogP contribution in [0.25, 0.3) is 17.1 Å². The summed E-state index contributed by atoms with van der Waals surface area (Å²) >= 11 is 0. The van der Waals surface area contributed by atoms with E-state index in [9.17, 15) is 9.18 Å². The van der Waals surface area contributed by atoms with Crippen LogP contribution in [0.1, 0.15) is 19.3 Å². The lowest BCUT2D eigenvalue weighted by atomic mass is 9.85. The standard InChI is InChI=1S/C22H23FN4O3/c1-29-13-14-30-22-25-20(18-7-2-3-8-19(18)23)27(26-22)17-11-9-16(10-12-17)24-21(28)15-5-4-6-15/h2-3,7-12,15H,4-6,13-14H2,1H3,(H,24,28). The van der Waals surface area contributed by atoms with E-state index in [1.165, 1.54) is 10.7 Å². The molecule has 156 valence electrons. The van der Waals surface area contributed by atoms with E-state index >= 15 is 0 Å². The third-order valence-electron chi connectivity index (χ3n) is 5.08. The molecule has 1 saturated carbocycles. The minimum Gasteiger partial charge on any atom is -0.460 e. The minimum atomic E-state index is -0.404. The smallest absolute Gasteiger partial charge is 0.336 e. The van der Waals surface area contributed by atoms with Gasteiger partial charge in [-0.1, -0.05) is 18.6 Å². The summed E-state index contributed by atoms with van der Waals surface area (Å²) in [6.07, 6.45) is 3.00. The number of anilines is 1. The Labute approximate surface area is 173 Å². The number of aromatic nitrogens is 3. The zero-order valence-electron chi connectivity index (χ0n) is 16.7. The lowest BCUT2D eigenvalue weighted by molar-refractivity contribution is -0.122. The fourth-order valence-electron chi connectivity index (χ4n) is 3.17. The molecule has 30 heavy (non-hydrogen) atoms. The Balaban J connectivity index is 1.61. The summed E-state index contributed by atoms with van der Waals surface area (Å²) in [5, 5.41) is 7.32. The van der Waals surface area contributed by atoms with E-state index < -0.39 is 5.82 Å². The van der Waals surface area contributed by atoms with Crippen LogP contribution >= 0.6 is 0 Å². The van der Waals surface area contributed by atoms with Crippen molar-refractivity contribution in [3.8, 4) is 23.1 Å². The highest BCUT2D eigenvalue weighted by atomic mass is 19.1. The van der Waals surface area contributed by atoms with E-state index in [-0.39, 0.29) is 24.4 Å². The molecule has 1 fully saturated rings. The first-order chi connectivity index (χ1) is 14.7. The largest absolute Gasteiger partial charge is 0.460 e. The van der Waals surface area contributed by atoms with Crippen LogP contribution in [0.2, 0.25) is 0 Å². The number of carbonyl (C=O) groups is 1. The molecule has 0 atom stereocenters. The van der Waals surface area contributed by atoms with Gasteiger partial charge in [0.2, 0.25) is 5.91 Å². The molecule has 0 aliphatic heterocycles. The van der Waals surface area contributed by atoms with Crippen LogP contribution in [0.5, 0.6) is 6.01 Å². The van der Waals surface area contributed by atoms with Gasteiger partial charge in [0.05, 0.1) is 17.9 Å². The Hall–Kier alpha value is -3.26. The second-order valence-corrected chi connectivity index (χ2v) is 7.11. The fraction of sp³-hybridized carbons (Fsp3) is 0.318. The maximum atomic E-state index is 14.4. The molecule has 0 radical (unpaired) electrons. The number of nitrogens with zero attached hydrogens (tertiary/aromatic N) is 3. The Morgan fingerprint density at radius 2 is 1.93 bits per heavy atom. The predicted octanol–water partition coefficient (Wildman–Crippen LogP) is 3.84. The molecule has 3 aromatic rings. The molecule has 2 aromatic carbocycles. The molecule has 0 spiro atoms. The molecule has 8 heteroatoms. The van der Waals surface area contributed by atoms with Crippen molar-refractivity contribution in [1.82, 2.24) is 14.8 Å². The first-order valence-corrected chi connectivity index (χ1v) is 9.90. The Bertz CT molecular complexity index is 1020. The molecular weight excluding hydrogens is 387 g/mol. The molecule has 1 N–H and O–H groups in total. The van der Waals surface area contributed by atoms with Crippen LogP contribution in [0.15, 0.2) is 48.5 Å². The number of hydrogen-bond acceptors (Lipinski definition) is 5. The summed E-state index contributed by atoms with van der Waals surface area (Å²) in [6, 6.07) is 13.7. The molecule has 0 unspecified atom stereocenters. The number of benzene rings is 2. The maximum absolute atomic E-state index is 14.4. The molecule has 1 aliphatic rings. The van der Waals surface area contributed by atoms with Gasteiger partial charge in [0.15, 0.2) is 5.82 Å². The summed E-state index contributed by atoms with van der Waals surface area (Å²) < 4.78 is 26.5. The summed E-state index contributed by atoms with van der Waals surface area (Å²) in [6.45, 7) is 0.669. The van der Waals surface area contributed by atoms with Gasteiger partial charge in [-0.3, -0.25) is 4.79 Å². The zero-order valence-corrected chi connectivity index (χ0v) is 16.7. The maximum Gasteiger partial charge on any atom is 0.336 e. The topological polar surface area (TPSA) is 78.3 Å². The van der Waals surface area contributed by atoms with E-state index in [4.69, 9.17) is 9.47 Å². The SMILES string of the molecule is COCCOc1nc(-c2ccccc2F)n(-c2ccc(NC(=O)C3CCC3)cc2)n1. The number of halogens is 1. The number of ether oxygens (including phenoxy) is 2. The minimum absolute atomic E-state index is 0.0515. The van der Waals surface area contributed by atoms with Gasteiger partial charge in [0.1, 0.15) is 12.4 Å². The number of carbonyl (C=O) groups excluding carboxylic acids is 1. The first-order valence-electron chi connectivity index (χ1n) is 9.90. The predicted molar refractivity (Wildman–Crippen MR) is 110 cm³/mol. The van der Waals surface area contributed by atoms with Crippen LogP contribution in [-0.4, -0.2) is 41.0 Å². The van der Waals surface area contributed by atoms with Crippen LogP contribution in [0.3, 0.4) is 0 Å². The second-order valence-electron chi connectivity index (χ2n) is 7.11. The molecule has 1 amide bonds. The first kappa shape index (κ1) is 20.0. The van der Waals surface area contributed by atoms with Gasteiger partial charge in [0.25, 0.3) is 0 Å². The summed E-state index contributed by atoms with van der Waals surface area (Å²) in [5.41, 5.74) is 1.69. The van der Waals surface area contributed by atoms with Crippen molar-refractivity contribution >= 4 is 11.6 Å². The van der Waals surface area contributed by atoms with Crippen molar-refractivity contribution in [1.29, 1.82) is 0 Å². The van der Waals surface area contributed by atoms with Crippen LogP contribution in [0.4, 0.5) is 10.1 Å². The average molecular weight is 410 g/mol. The molecule has 1 aromatic heterocycles. The van der Waals surface area contributed by atoms with Gasteiger partial charge in [-0.15, -0.1) is 5.10 Å². The normalized spacial score (nSPS) is 13.7. The third-order valence-corrected chi connectivity index (χ3v) is 5.08. The van der Waals surface area contributed by atoms with Crippen LogP contribution < -0.4 is 10.1 Å². The number of rotatable bonds is 8. The summed E-state index contributed by atoms with van der Waals surface area (Å²) in [4.78, 5) is 16.5. The van der Waals surface area contributed by atoms with Gasteiger partial charge >= 0.3 is 6.01 Å². The molecule has 0 bridgehead atoms. The van der Waals surface area contributed by atoms with Gasteiger partial charge in [-0.25, -0.2) is 9.07 Å². The van der Waals surface area contributed by atoms with E-state index in [0.717, 1.165) is 19.3 Å². The highest BCUT2D eigenvalue weighted by Gasteiger charge is 2.25. The number of methoxy groups -OCH3 is 1. The van der Waals surface area contributed by atoms with Crippen molar-refractivity contribution < 1.29 is 18.7 Å². The van der Waals surface area contributed by atoms with E-state index in [2.05, 4.69) is 15.4 Å². The van der Waals surface area contributed by atoms with E-state index in [1.54, 1.807) is 49.6 Å². The zero-order chi connectivity index (χ0) is 20.9. The quantitative estimate of drug-likeness (QED) is 0.571. The van der Waals surface area contributed by atoms with Crippen molar-refractivity contribution in [3.05, 3.63) is 54.3 Å². The third kappa shape index (κ3) is 4.33.